The molecule has 1 aromatic rings. The Morgan fingerprint density at radius 1 is 1.59 bits per heavy atom. The van der Waals surface area contributed by atoms with Crippen LogP contribution in [0.25, 0.3) is 0 Å². The van der Waals surface area contributed by atoms with Gasteiger partial charge in [0.1, 0.15) is 5.69 Å². The van der Waals surface area contributed by atoms with Crippen molar-refractivity contribution in [3.8, 4) is 0 Å². The Kier molecular flexibility index (Phi) is 5.58. The van der Waals surface area contributed by atoms with Crippen LogP contribution in [0.4, 0.5) is 11.4 Å². The van der Waals surface area contributed by atoms with Crippen molar-refractivity contribution >= 4 is 34.7 Å². The molecule has 1 unspecified atom stereocenters. The van der Waals surface area contributed by atoms with Crippen molar-refractivity contribution < 1.29 is 4.92 Å². The van der Waals surface area contributed by atoms with E-state index < -0.39 is 4.92 Å². The summed E-state index contributed by atoms with van der Waals surface area (Å²) >= 11 is 7.50. The number of nitrogens with zero attached hydrogens (tertiary/aromatic N) is 1. The van der Waals surface area contributed by atoms with Crippen molar-refractivity contribution in [1.82, 2.24) is 0 Å². The van der Waals surface area contributed by atoms with Crippen molar-refractivity contribution in [2.75, 3.05) is 23.9 Å². The van der Waals surface area contributed by atoms with Crippen LogP contribution in [0.1, 0.15) is 6.92 Å². The Labute approximate surface area is 110 Å². The fourth-order valence-electron chi connectivity index (χ4n) is 1.43. The molecule has 0 fully saturated rings. The highest BCUT2D eigenvalue weighted by atomic mass is 35.5. The third kappa shape index (κ3) is 4.44. The van der Waals surface area contributed by atoms with Gasteiger partial charge in [-0.2, -0.15) is 11.8 Å². The first kappa shape index (κ1) is 14.1. The maximum Gasteiger partial charge on any atom is 0.293 e. The fraction of sp³-hybridized carbons (Fsp3) is 0.455. The van der Waals surface area contributed by atoms with Gasteiger partial charge in [0.25, 0.3) is 5.69 Å². The molecule has 0 aliphatic carbocycles. The Hall–Kier alpha value is -0.940. The molecular formula is C11H15ClN2O2S. The number of nitro groups is 1. The van der Waals surface area contributed by atoms with Crippen molar-refractivity contribution in [3.63, 3.8) is 0 Å². The van der Waals surface area contributed by atoms with E-state index in [1.54, 1.807) is 23.9 Å². The second kappa shape index (κ2) is 6.71. The van der Waals surface area contributed by atoms with Gasteiger partial charge in [-0.05, 0) is 30.1 Å². The largest absolute Gasteiger partial charge is 0.379 e. The van der Waals surface area contributed by atoms with Gasteiger partial charge in [-0.15, -0.1) is 0 Å². The Bertz CT molecular complexity index is 401. The Morgan fingerprint density at radius 2 is 2.29 bits per heavy atom. The second-order valence-corrected chi connectivity index (χ2v) is 5.21. The van der Waals surface area contributed by atoms with E-state index in [1.807, 2.05) is 6.26 Å². The molecule has 4 nitrogen and oxygen atoms in total. The number of thioether (sulfide) groups is 1. The zero-order valence-electron chi connectivity index (χ0n) is 9.77. The number of hydrogen-bond acceptors (Lipinski definition) is 4. The molecule has 0 aliphatic rings. The maximum atomic E-state index is 10.8. The lowest BCUT2D eigenvalue weighted by Gasteiger charge is -2.12. The van der Waals surface area contributed by atoms with E-state index in [0.29, 0.717) is 23.2 Å². The molecule has 1 aromatic carbocycles. The highest BCUT2D eigenvalue weighted by Crippen LogP contribution is 2.27. The van der Waals surface area contributed by atoms with Crippen LogP contribution in [0.2, 0.25) is 5.02 Å². The molecule has 1 N–H and O–H groups in total. The standard InChI is InChI=1S/C11H15ClN2O2S/c1-8(7-17-2)6-13-10-4-3-9(12)5-11(10)14(15)16/h3-5,8,13H,6-7H2,1-2H3. The number of halogens is 1. The quantitative estimate of drug-likeness (QED) is 0.635. The molecule has 0 bridgehead atoms. The zero-order valence-corrected chi connectivity index (χ0v) is 11.3. The molecule has 0 spiro atoms. The van der Waals surface area contributed by atoms with E-state index in [1.165, 1.54) is 6.07 Å². The Morgan fingerprint density at radius 3 is 2.88 bits per heavy atom. The predicted octanol–water partition coefficient (Wildman–Crippen LogP) is 3.66. The summed E-state index contributed by atoms with van der Waals surface area (Å²) in [4.78, 5) is 10.4. The minimum Gasteiger partial charge on any atom is -0.379 e. The molecule has 0 heterocycles. The normalized spacial score (nSPS) is 12.2. The van der Waals surface area contributed by atoms with Crippen LogP contribution in [-0.2, 0) is 0 Å². The monoisotopic (exact) mass is 274 g/mol. The van der Waals surface area contributed by atoms with Gasteiger partial charge in [-0.1, -0.05) is 18.5 Å². The van der Waals surface area contributed by atoms with Crippen molar-refractivity contribution in [3.05, 3.63) is 33.3 Å². The van der Waals surface area contributed by atoms with Crippen molar-refractivity contribution in [2.45, 2.75) is 6.92 Å². The van der Waals surface area contributed by atoms with Crippen molar-refractivity contribution in [2.24, 2.45) is 5.92 Å². The summed E-state index contributed by atoms with van der Waals surface area (Å²) in [6, 6.07) is 4.66. The SMILES string of the molecule is CSCC(C)CNc1ccc(Cl)cc1[N+](=O)[O-]. The van der Waals surface area contributed by atoms with Crippen LogP contribution in [0.5, 0.6) is 0 Å². The average molecular weight is 275 g/mol. The molecule has 17 heavy (non-hydrogen) atoms. The molecule has 0 saturated carbocycles. The van der Waals surface area contributed by atoms with E-state index in [0.717, 1.165) is 5.75 Å². The number of nitro benzene ring substituents is 1. The second-order valence-electron chi connectivity index (χ2n) is 3.86. The van der Waals surface area contributed by atoms with Crippen LogP contribution >= 0.6 is 23.4 Å². The molecule has 0 aliphatic heterocycles. The van der Waals surface area contributed by atoms with Crippen LogP contribution < -0.4 is 5.32 Å². The number of nitrogens with one attached hydrogen (secondary N) is 1. The highest BCUT2D eigenvalue weighted by molar-refractivity contribution is 7.98. The van der Waals surface area contributed by atoms with E-state index in [9.17, 15) is 10.1 Å². The number of benzene rings is 1. The molecule has 0 amide bonds. The lowest BCUT2D eigenvalue weighted by atomic mass is 10.2. The summed E-state index contributed by atoms with van der Waals surface area (Å²) in [5.41, 5.74) is 0.543. The first-order chi connectivity index (χ1) is 8.04. The molecule has 1 rings (SSSR count). The summed E-state index contributed by atoms with van der Waals surface area (Å²) in [5, 5.41) is 14.3. The smallest absolute Gasteiger partial charge is 0.293 e. The molecule has 0 aromatic heterocycles. The minimum absolute atomic E-state index is 0.0221. The summed E-state index contributed by atoms with van der Waals surface area (Å²) in [6.07, 6.45) is 2.04. The first-order valence-corrected chi connectivity index (χ1v) is 6.98. The molecule has 0 saturated heterocycles. The topological polar surface area (TPSA) is 55.2 Å². The van der Waals surface area contributed by atoms with E-state index >= 15 is 0 Å². The lowest BCUT2D eigenvalue weighted by Crippen LogP contribution is -2.14. The van der Waals surface area contributed by atoms with Crippen LogP contribution in [0.15, 0.2) is 18.2 Å². The third-order valence-corrected chi connectivity index (χ3v) is 3.39. The van der Waals surface area contributed by atoms with E-state index in [-0.39, 0.29) is 5.69 Å². The summed E-state index contributed by atoms with van der Waals surface area (Å²) < 4.78 is 0. The van der Waals surface area contributed by atoms with Crippen molar-refractivity contribution in [1.29, 1.82) is 0 Å². The lowest BCUT2D eigenvalue weighted by molar-refractivity contribution is -0.383. The van der Waals surface area contributed by atoms with Crippen LogP contribution in [0.3, 0.4) is 0 Å². The fourth-order valence-corrected chi connectivity index (χ4v) is 2.29. The summed E-state index contributed by atoms with van der Waals surface area (Å²) in [5.74, 6) is 1.48. The first-order valence-electron chi connectivity index (χ1n) is 5.21. The van der Waals surface area contributed by atoms with Gasteiger partial charge in [-0.25, -0.2) is 0 Å². The summed E-state index contributed by atoms with van der Waals surface area (Å²) in [7, 11) is 0. The van der Waals surface area contributed by atoms with Crippen LogP contribution in [-0.4, -0.2) is 23.5 Å². The van der Waals surface area contributed by atoms with Gasteiger partial charge in [0.2, 0.25) is 0 Å². The number of rotatable bonds is 6. The maximum absolute atomic E-state index is 10.8. The van der Waals surface area contributed by atoms with Gasteiger partial charge < -0.3 is 5.32 Å². The molecule has 6 heteroatoms. The molecule has 0 radical (unpaired) electrons. The number of hydrogen-bond donors (Lipinski definition) is 1. The molecular weight excluding hydrogens is 260 g/mol. The highest BCUT2D eigenvalue weighted by Gasteiger charge is 2.14. The third-order valence-electron chi connectivity index (χ3n) is 2.25. The molecule has 94 valence electrons. The van der Waals surface area contributed by atoms with Gasteiger partial charge >= 0.3 is 0 Å². The van der Waals surface area contributed by atoms with E-state index in [4.69, 9.17) is 11.6 Å². The minimum atomic E-state index is -0.423. The molecule has 1 atom stereocenters. The van der Waals surface area contributed by atoms with Gasteiger partial charge in [0.05, 0.1) is 4.92 Å². The van der Waals surface area contributed by atoms with Crippen LogP contribution in [0, 0.1) is 16.0 Å². The average Bonchev–Trinajstić information content (AvgIpc) is 2.27. The van der Waals surface area contributed by atoms with Gasteiger partial charge in [0.15, 0.2) is 0 Å². The Balaban J connectivity index is 2.73. The van der Waals surface area contributed by atoms with Gasteiger partial charge in [0, 0.05) is 17.6 Å². The van der Waals surface area contributed by atoms with E-state index in [2.05, 4.69) is 12.2 Å². The zero-order chi connectivity index (χ0) is 12.8. The number of anilines is 1. The predicted molar refractivity (Wildman–Crippen MR) is 74.1 cm³/mol. The summed E-state index contributed by atoms with van der Waals surface area (Å²) in [6.45, 7) is 2.81. The van der Waals surface area contributed by atoms with Gasteiger partial charge in [-0.3, -0.25) is 10.1 Å².